The summed E-state index contributed by atoms with van der Waals surface area (Å²) in [7, 11) is 0. The summed E-state index contributed by atoms with van der Waals surface area (Å²) in [5.74, 6) is 1.69. The van der Waals surface area contributed by atoms with Crippen LogP contribution in [0.25, 0.3) is 5.69 Å². The molecule has 2 heterocycles. The molecule has 0 unspecified atom stereocenters. The van der Waals surface area contributed by atoms with Crippen LogP contribution in [0, 0.1) is 6.92 Å². The number of anilines is 1. The normalized spacial score (nSPS) is 12.4. The van der Waals surface area contributed by atoms with Gasteiger partial charge in [-0.1, -0.05) is 51.0 Å². The number of ether oxygens (including phenoxy) is 2. The van der Waals surface area contributed by atoms with Gasteiger partial charge in [0.1, 0.15) is 0 Å². The number of benzene rings is 2. The van der Waals surface area contributed by atoms with Gasteiger partial charge in [-0.05, 0) is 44.0 Å². The highest BCUT2D eigenvalue weighted by Gasteiger charge is 2.24. The Morgan fingerprint density at radius 1 is 1.00 bits per heavy atom. The van der Waals surface area contributed by atoms with Crippen molar-refractivity contribution in [3.63, 3.8) is 0 Å². The van der Waals surface area contributed by atoms with Gasteiger partial charge in [0.05, 0.1) is 17.1 Å². The van der Waals surface area contributed by atoms with Crippen molar-refractivity contribution in [2.75, 3.05) is 18.2 Å². The van der Waals surface area contributed by atoms with Crippen LogP contribution >= 0.6 is 0 Å². The zero-order chi connectivity index (χ0) is 20.9. The molecule has 0 saturated carbocycles. The molecule has 2 aromatic carbocycles. The summed E-state index contributed by atoms with van der Waals surface area (Å²) in [6.45, 7) is 8.66. The van der Waals surface area contributed by atoms with Gasteiger partial charge in [0.2, 0.25) is 6.79 Å². The van der Waals surface area contributed by atoms with E-state index in [4.69, 9.17) is 14.6 Å². The summed E-state index contributed by atoms with van der Waals surface area (Å²) in [4.78, 5) is 2.43. The number of para-hydroxylation sites is 2. The first-order valence-electron chi connectivity index (χ1n) is 11.0. The smallest absolute Gasteiger partial charge is 0.231 e. The van der Waals surface area contributed by atoms with E-state index in [0.717, 1.165) is 67.3 Å². The van der Waals surface area contributed by atoms with Gasteiger partial charge < -0.3 is 14.4 Å². The van der Waals surface area contributed by atoms with Crippen molar-refractivity contribution in [1.29, 1.82) is 0 Å². The third kappa shape index (κ3) is 4.02. The first-order chi connectivity index (χ1) is 14.7. The maximum Gasteiger partial charge on any atom is 0.231 e. The topological polar surface area (TPSA) is 39.5 Å². The predicted molar refractivity (Wildman–Crippen MR) is 121 cm³/mol. The molecule has 0 aliphatic carbocycles. The van der Waals surface area contributed by atoms with Crippen molar-refractivity contribution < 1.29 is 9.47 Å². The van der Waals surface area contributed by atoms with Crippen LogP contribution in [0.15, 0.2) is 48.5 Å². The molecule has 0 radical (unpaired) electrons. The van der Waals surface area contributed by atoms with Gasteiger partial charge in [-0.3, -0.25) is 0 Å². The third-order valence-electron chi connectivity index (χ3n) is 5.63. The molecular formula is C25H31N3O2. The number of hydrogen-bond donors (Lipinski definition) is 0. The average Bonchev–Trinajstić information content (AvgIpc) is 3.37. The fourth-order valence-electron chi connectivity index (χ4n) is 4.08. The first kappa shape index (κ1) is 20.3. The Kier molecular flexibility index (Phi) is 6.26. The molecule has 4 rings (SSSR count). The minimum atomic E-state index is 0.292. The molecule has 5 heteroatoms. The van der Waals surface area contributed by atoms with E-state index in [1.165, 1.54) is 11.3 Å². The highest BCUT2D eigenvalue weighted by atomic mass is 16.7. The summed E-state index contributed by atoms with van der Waals surface area (Å²) in [6.07, 6.45) is 4.35. The van der Waals surface area contributed by atoms with Crippen LogP contribution in [0.5, 0.6) is 11.5 Å². The minimum absolute atomic E-state index is 0.292. The molecule has 0 fully saturated rings. The molecule has 1 aromatic heterocycles. The zero-order valence-corrected chi connectivity index (χ0v) is 18.2. The van der Waals surface area contributed by atoms with Gasteiger partial charge in [-0.15, -0.1) is 0 Å². The lowest BCUT2D eigenvalue weighted by Gasteiger charge is -2.26. The molecule has 1 aliphatic rings. The highest BCUT2D eigenvalue weighted by Crippen LogP contribution is 2.41. The first-order valence-corrected chi connectivity index (χ1v) is 11.0. The quantitative estimate of drug-likeness (QED) is 0.460. The number of rotatable bonds is 9. The SMILES string of the molecule is CCCCN(Cc1c(C)nn(-c2ccccc2)c1CCC)c1cccc2c1OCO2. The van der Waals surface area contributed by atoms with E-state index in [1.807, 2.05) is 12.1 Å². The number of hydrogen-bond acceptors (Lipinski definition) is 4. The average molecular weight is 406 g/mol. The maximum absolute atomic E-state index is 5.83. The lowest BCUT2D eigenvalue weighted by atomic mass is 10.1. The fraction of sp³-hybridized carbons (Fsp3) is 0.400. The van der Waals surface area contributed by atoms with Crippen molar-refractivity contribution in [3.05, 3.63) is 65.5 Å². The number of aromatic nitrogens is 2. The fourth-order valence-corrected chi connectivity index (χ4v) is 4.08. The molecule has 0 saturated heterocycles. The van der Waals surface area contributed by atoms with E-state index >= 15 is 0 Å². The molecular weight excluding hydrogens is 374 g/mol. The van der Waals surface area contributed by atoms with Crippen LogP contribution in [0.4, 0.5) is 5.69 Å². The molecule has 30 heavy (non-hydrogen) atoms. The lowest BCUT2D eigenvalue weighted by molar-refractivity contribution is 0.174. The van der Waals surface area contributed by atoms with Gasteiger partial charge in [-0.2, -0.15) is 5.10 Å². The summed E-state index contributed by atoms with van der Waals surface area (Å²) in [5, 5.41) is 4.93. The minimum Gasteiger partial charge on any atom is -0.454 e. The second-order valence-corrected chi connectivity index (χ2v) is 7.79. The van der Waals surface area contributed by atoms with Gasteiger partial charge >= 0.3 is 0 Å². The molecule has 0 amide bonds. The number of fused-ring (bicyclic) bond motifs is 1. The van der Waals surface area contributed by atoms with Crippen molar-refractivity contribution in [2.45, 2.75) is 53.0 Å². The van der Waals surface area contributed by atoms with Gasteiger partial charge in [0, 0.05) is 24.3 Å². The van der Waals surface area contributed by atoms with E-state index in [2.05, 4.69) is 66.8 Å². The molecule has 0 N–H and O–H groups in total. The number of nitrogens with zero attached hydrogens (tertiary/aromatic N) is 3. The van der Waals surface area contributed by atoms with E-state index in [9.17, 15) is 0 Å². The van der Waals surface area contributed by atoms with Crippen LogP contribution in [0.2, 0.25) is 0 Å². The van der Waals surface area contributed by atoms with Crippen LogP contribution < -0.4 is 14.4 Å². The Hall–Kier alpha value is -2.95. The standard InChI is InChI=1S/C25H31N3O2/c1-4-6-16-27(23-14-10-15-24-25(23)30-18-29-24)17-21-19(3)26-28(22(21)11-5-2)20-12-8-7-9-13-20/h7-10,12-15H,4-6,11,16-18H2,1-3H3. The summed E-state index contributed by atoms with van der Waals surface area (Å²) < 4.78 is 13.6. The van der Waals surface area contributed by atoms with Crippen molar-refractivity contribution in [2.24, 2.45) is 0 Å². The Morgan fingerprint density at radius 3 is 2.60 bits per heavy atom. The Morgan fingerprint density at radius 2 is 1.83 bits per heavy atom. The molecule has 5 nitrogen and oxygen atoms in total. The molecule has 3 aromatic rings. The number of unbranched alkanes of at least 4 members (excludes halogenated alkanes) is 1. The van der Waals surface area contributed by atoms with Crippen LogP contribution in [-0.4, -0.2) is 23.1 Å². The third-order valence-corrected chi connectivity index (χ3v) is 5.63. The predicted octanol–water partition coefficient (Wildman–Crippen LogP) is 5.67. The molecule has 158 valence electrons. The number of aryl methyl sites for hydroxylation is 1. The Bertz CT molecular complexity index is 982. The summed E-state index contributed by atoms with van der Waals surface area (Å²) in [5.41, 5.74) is 5.93. The lowest BCUT2D eigenvalue weighted by Crippen LogP contribution is -2.25. The van der Waals surface area contributed by atoms with E-state index in [0.29, 0.717) is 6.79 Å². The highest BCUT2D eigenvalue weighted by molar-refractivity contribution is 5.66. The Balaban J connectivity index is 1.73. The molecule has 0 bridgehead atoms. The van der Waals surface area contributed by atoms with Gasteiger partial charge in [-0.25, -0.2) is 4.68 Å². The molecule has 1 aliphatic heterocycles. The zero-order valence-electron chi connectivity index (χ0n) is 18.2. The summed E-state index contributed by atoms with van der Waals surface area (Å²) in [6, 6.07) is 16.6. The Labute approximate surface area is 179 Å². The van der Waals surface area contributed by atoms with Crippen molar-refractivity contribution in [1.82, 2.24) is 9.78 Å². The maximum atomic E-state index is 5.83. The summed E-state index contributed by atoms with van der Waals surface area (Å²) >= 11 is 0. The molecule has 0 spiro atoms. The van der Waals surface area contributed by atoms with Gasteiger partial charge in [0.25, 0.3) is 0 Å². The largest absolute Gasteiger partial charge is 0.454 e. The van der Waals surface area contributed by atoms with E-state index in [-0.39, 0.29) is 0 Å². The van der Waals surface area contributed by atoms with Crippen LogP contribution in [0.3, 0.4) is 0 Å². The van der Waals surface area contributed by atoms with E-state index < -0.39 is 0 Å². The van der Waals surface area contributed by atoms with Crippen LogP contribution in [0.1, 0.15) is 50.1 Å². The van der Waals surface area contributed by atoms with Crippen molar-refractivity contribution in [3.8, 4) is 17.2 Å². The monoisotopic (exact) mass is 405 g/mol. The second kappa shape index (κ2) is 9.24. The second-order valence-electron chi connectivity index (χ2n) is 7.79. The van der Waals surface area contributed by atoms with Gasteiger partial charge in [0.15, 0.2) is 11.5 Å². The van der Waals surface area contributed by atoms with Crippen LogP contribution in [-0.2, 0) is 13.0 Å². The molecule has 0 atom stereocenters. The van der Waals surface area contributed by atoms with E-state index in [1.54, 1.807) is 0 Å². The van der Waals surface area contributed by atoms with Crippen molar-refractivity contribution >= 4 is 5.69 Å².